The minimum absolute atomic E-state index is 0.747. The van der Waals surface area contributed by atoms with Gasteiger partial charge in [0.05, 0.1) is 7.11 Å². The molecule has 0 spiro atoms. The summed E-state index contributed by atoms with van der Waals surface area (Å²) in [5.41, 5.74) is 1.19. The molecule has 0 aromatic heterocycles. The minimum atomic E-state index is 0.747. The van der Waals surface area contributed by atoms with Crippen LogP contribution in [0.3, 0.4) is 0 Å². The summed E-state index contributed by atoms with van der Waals surface area (Å²) >= 11 is 3.49. The SMILES string of the molecule is COc1ccc(Br)cc1CNCC1CCOCC1. The molecule has 0 radical (unpaired) electrons. The fraction of sp³-hybridized carbons (Fsp3) is 0.571. The van der Waals surface area contributed by atoms with Gasteiger partial charge in [-0.2, -0.15) is 0 Å². The van der Waals surface area contributed by atoms with Crippen molar-refractivity contribution in [1.82, 2.24) is 5.32 Å². The number of benzene rings is 1. The van der Waals surface area contributed by atoms with E-state index in [9.17, 15) is 0 Å². The van der Waals surface area contributed by atoms with Gasteiger partial charge in [-0.25, -0.2) is 0 Å². The first kappa shape index (κ1) is 13.8. The van der Waals surface area contributed by atoms with Gasteiger partial charge in [0.25, 0.3) is 0 Å². The highest BCUT2D eigenvalue weighted by Gasteiger charge is 2.13. The summed E-state index contributed by atoms with van der Waals surface area (Å²) in [7, 11) is 1.71. The second kappa shape index (κ2) is 7.12. The molecule has 1 saturated heterocycles. The van der Waals surface area contributed by atoms with Crippen molar-refractivity contribution in [3.05, 3.63) is 28.2 Å². The van der Waals surface area contributed by atoms with E-state index in [2.05, 4.69) is 27.3 Å². The Morgan fingerprint density at radius 1 is 1.39 bits per heavy atom. The van der Waals surface area contributed by atoms with Gasteiger partial charge in [-0.3, -0.25) is 0 Å². The standard InChI is InChI=1S/C14H20BrNO2/c1-17-14-3-2-13(15)8-12(14)10-16-9-11-4-6-18-7-5-11/h2-3,8,11,16H,4-7,9-10H2,1H3. The molecule has 4 heteroatoms. The van der Waals surface area contributed by atoms with Gasteiger partial charge in [0.15, 0.2) is 0 Å². The average Bonchev–Trinajstić information content (AvgIpc) is 2.40. The van der Waals surface area contributed by atoms with Crippen LogP contribution in [0.4, 0.5) is 0 Å². The number of halogens is 1. The van der Waals surface area contributed by atoms with E-state index in [0.717, 1.165) is 42.4 Å². The minimum Gasteiger partial charge on any atom is -0.496 e. The predicted octanol–water partition coefficient (Wildman–Crippen LogP) is 2.97. The fourth-order valence-electron chi connectivity index (χ4n) is 2.25. The van der Waals surface area contributed by atoms with Gasteiger partial charge in [0.1, 0.15) is 5.75 Å². The molecule has 0 unspecified atom stereocenters. The zero-order valence-corrected chi connectivity index (χ0v) is 12.3. The number of hydrogen-bond acceptors (Lipinski definition) is 3. The topological polar surface area (TPSA) is 30.5 Å². The third-order valence-corrected chi connectivity index (χ3v) is 3.83. The van der Waals surface area contributed by atoms with Crippen molar-refractivity contribution >= 4 is 15.9 Å². The Kier molecular flexibility index (Phi) is 5.47. The third kappa shape index (κ3) is 3.97. The molecular weight excluding hydrogens is 294 g/mol. The molecule has 1 fully saturated rings. The smallest absolute Gasteiger partial charge is 0.123 e. The Bertz CT molecular complexity index is 378. The maximum absolute atomic E-state index is 5.36. The van der Waals surface area contributed by atoms with Crippen LogP contribution < -0.4 is 10.1 Å². The molecule has 1 aromatic carbocycles. The first-order valence-corrected chi connectivity index (χ1v) is 7.20. The molecule has 3 nitrogen and oxygen atoms in total. The van der Waals surface area contributed by atoms with Crippen LogP contribution in [0.2, 0.25) is 0 Å². The summed E-state index contributed by atoms with van der Waals surface area (Å²) in [6, 6.07) is 6.10. The summed E-state index contributed by atoms with van der Waals surface area (Å²) in [5.74, 6) is 1.69. The molecule has 1 aromatic rings. The van der Waals surface area contributed by atoms with Crippen molar-refractivity contribution in [3.8, 4) is 5.75 Å². The summed E-state index contributed by atoms with van der Waals surface area (Å²) < 4.78 is 11.8. The van der Waals surface area contributed by atoms with Crippen molar-refractivity contribution in [2.75, 3.05) is 26.9 Å². The maximum atomic E-state index is 5.36. The van der Waals surface area contributed by atoms with Crippen molar-refractivity contribution in [1.29, 1.82) is 0 Å². The molecule has 0 amide bonds. The van der Waals surface area contributed by atoms with Gasteiger partial charge >= 0.3 is 0 Å². The van der Waals surface area contributed by atoms with Crippen LogP contribution in [0.15, 0.2) is 22.7 Å². The van der Waals surface area contributed by atoms with E-state index in [1.54, 1.807) is 7.11 Å². The Morgan fingerprint density at radius 2 is 2.17 bits per heavy atom. The van der Waals surface area contributed by atoms with Gasteiger partial charge in [-0.15, -0.1) is 0 Å². The average molecular weight is 314 g/mol. The highest BCUT2D eigenvalue weighted by atomic mass is 79.9. The fourth-order valence-corrected chi connectivity index (χ4v) is 2.66. The number of rotatable bonds is 5. The summed E-state index contributed by atoms with van der Waals surface area (Å²) in [6.07, 6.45) is 2.34. The van der Waals surface area contributed by atoms with Crippen LogP contribution in [-0.2, 0) is 11.3 Å². The Balaban J connectivity index is 1.83. The molecule has 0 bridgehead atoms. The molecular formula is C14H20BrNO2. The van der Waals surface area contributed by atoms with Gasteiger partial charge in [-0.1, -0.05) is 15.9 Å². The number of hydrogen-bond donors (Lipinski definition) is 1. The quantitative estimate of drug-likeness (QED) is 0.906. The van der Waals surface area contributed by atoms with E-state index < -0.39 is 0 Å². The van der Waals surface area contributed by atoms with Crippen LogP contribution in [0.5, 0.6) is 5.75 Å². The lowest BCUT2D eigenvalue weighted by Gasteiger charge is -2.22. The number of nitrogens with one attached hydrogen (secondary N) is 1. The zero-order chi connectivity index (χ0) is 12.8. The van der Waals surface area contributed by atoms with Gasteiger partial charge in [0.2, 0.25) is 0 Å². The van der Waals surface area contributed by atoms with Crippen LogP contribution in [0.1, 0.15) is 18.4 Å². The van der Waals surface area contributed by atoms with Crippen molar-refractivity contribution in [3.63, 3.8) is 0 Å². The molecule has 0 saturated carbocycles. The highest BCUT2D eigenvalue weighted by molar-refractivity contribution is 9.10. The number of ether oxygens (including phenoxy) is 2. The molecule has 1 aliphatic heterocycles. The maximum Gasteiger partial charge on any atom is 0.123 e. The van der Waals surface area contributed by atoms with E-state index >= 15 is 0 Å². The van der Waals surface area contributed by atoms with Crippen LogP contribution in [-0.4, -0.2) is 26.9 Å². The summed E-state index contributed by atoms with van der Waals surface area (Å²) in [5, 5.41) is 3.52. The summed E-state index contributed by atoms with van der Waals surface area (Å²) in [6.45, 7) is 3.72. The monoisotopic (exact) mass is 313 g/mol. The van der Waals surface area contributed by atoms with Crippen LogP contribution in [0, 0.1) is 5.92 Å². The molecule has 2 rings (SSSR count). The van der Waals surface area contributed by atoms with Crippen LogP contribution >= 0.6 is 15.9 Å². The van der Waals surface area contributed by atoms with Gasteiger partial charge in [0, 0.05) is 29.8 Å². The lowest BCUT2D eigenvalue weighted by atomic mass is 10.0. The molecule has 1 heterocycles. The molecule has 0 atom stereocenters. The molecule has 18 heavy (non-hydrogen) atoms. The zero-order valence-electron chi connectivity index (χ0n) is 10.7. The lowest BCUT2D eigenvalue weighted by Crippen LogP contribution is -2.27. The Morgan fingerprint density at radius 3 is 2.89 bits per heavy atom. The van der Waals surface area contributed by atoms with E-state index in [1.807, 2.05) is 12.1 Å². The highest BCUT2D eigenvalue weighted by Crippen LogP contribution is 2.23. The molecule has 1 aliphatic rings. The normalized spacial score (nSPS) is 16.8. The third-order valence-electron chi connectivity index (χ3n) is 3.33. The molecule has 1 N–H and O–H groups in total. The first-order chi connectivity index (χ1) is 8.79. The first-order valence-electron chi connectivity index (χ1n) is 6.40. The largest absolute Gasteiger partial charge is 0.496 e. The van der Waals surface area contributed by atoms with Gasteiger partial charge < -0.3 is 14.8 Å². The second-order valence-corrected chi connectivity index (χ2v) is 5.56. The van der Waals surface area contributed by atoms with E-state index in [4.69, 9.17) is 9.47 Å². The van der Waals surface area contributed by atoms with E-state index in [0.29, 0.717) is 0 Å². The van der Waals surface area contributed by atoms with E-state index in [1.165, 1.54) is 18.4 Å². The predicted molar refractivity (Wildman–Crippen MR) is 75.9 cm³/mol. The number of methoxy groups -OCH3 is 1. The van der Waals surface area contributed by atoms with Gasteiger partial charge in [-0.05, 0) is 43.5 Å². The van der Waals surface area contributed by atoms with E-state index in [-0.39, 0.29) is 0 Å². The molecule has 0 aliphatic carbocycles. The van der Waals surface area contributed by atoms with Crippen LogP contribution in [0.25, 0.3) is 0 Å². The Labute approximate surface area is 117 Å². The van der Waals surface area contributed by atoms with Crippen molar-refractivity contribution in [2.45, 2.75) is 19.4 Å². The van der Waals surface area contributed by atoms with Crippen molar-refractivity contribution < 1.29 is 9.47 Å². The summed E-state index contributed by atoms with van der Waals surface area (Å²) in [4.78, 5) is 0. The second-order valence-electron chi connectivity index (χ2n) is 4.64. The lowest BCUT2D eigenvalue weighted by molar-refractivity contribution is 0.0662. The Hall–Kier alpha value is -0.580. The van der Waals surface area contributed by atoms with Crippen molar-refractivity contribution in [2.24, 2.45) is 5.92 Å². The molecule has 100 valence electrons.